The zero-order valence-corrected chi connectivity index (χ0v) is 66.7. The fraction of sp³-hybridized carbons (Fsp3) is 0.903. The van der Waals surface area contributed by atoms with Crippen molar-refractivity contribution in [2.75, 3.05) is 12.0 Å². The van der Waals surface area contributed by atoms with Gasteiger partial charge >= 0.3 is 103 Å². The number of carbonyl (C=O) groups excluding carboxylic acids is 4. The number of aromatic nitrogens is 8. The fourth-order valence-corrected chi connectivity index (χ4v) is 26.1. The van der Waals surface area contributed by atoms with E-state index in [4.69, 9.17) is 10.1 Å². The van der Waals surface area contributed by atoms with Crippen LogP contribution in [0.1, 0.15) is 225 Å². The molecule has 0 aromatic carbocycles. The predicted molar refractivity (Wildman–Crippen MR) is 355 cm³/mol. The Hall–Kier alpha value is -0.517. The predicted octanol–water partition coefficient (Wildman–Crippen LogP) is 5.86. The first-order valence-corrected chi connectivity index (χ1v) is 37.2. The van der Waals surface area contributed by atoms with Crippen LogP contribution in [0, 0.1) is 141 Å². The van der Waals surface area contributed by atoms with Gasteiger partial charge in [0, 0.05) is 17.8 Å². The Kier molecular flexibility index (Phi) is 27.9. The molecule has 3 heterocycles. The van der Waals surface area contributed by atoms with E-state index in [0.29, 0.717) is 70.8 Å². The van der Waals surface area contributed by atoms with Crippen LogP contribution in [0.2, 0.25) is 0 Å². The van der Waals surface area contributed by atoms with Crippen molar-refractivity contribution in [1.82, 2.24) is 40.4 Å². The van der Waals surface area contributed by atoms with Crippen LogP contribution in [0.5, 0.6) is 0 Å². The van der Waals surface area contributed by atoms with E-state index in [0.717, 1.165) is 123 Å². The van der Waals surface area contributed by atoms with E-state index in [9.17, 15) is 29.7 Å². The molecule has 2 aromatic rings. The van der Waals surface area contributed by atoms with Gasteiger partial charge in [-0.3, -0.25) is 19.2 Å². The van der Waals surface area contributed by atoms with Crippen LogP contribution >= 0.6 is 15.9 Å². The molecule has 2 aromatic heterocycles. The van der Waals surface area contributed by atoms with Crippen molar-refractivity contribution < 1.29 is 149 Å². The van der Waals surface area contributed by atoms with E-state index < -0.39 is 16.8 Å². The molecule has 0 bridgehead atoms. The minimum Gasteiger partial charge on any atom is -1.00 e. The molecule has 20 nitrogen and oxygen atoms in total. The van der Waals surface area contributed by atoms with E-state index in [-0.39, 0.29) is 165 Å². The fourth-order valence-electron chi connectivity index (χ4n) is 25.7. The number of ketones is 3. The number of carbonyl (C=O) groups is 4. The van der Waals surface area contributed by atoms with Crippen LogP contribution in [0.15, 0.2) is 27.9 Å². The summed E-state index contributed by atoms with van der Waals surface area (Å²) in [5.74, 6) is 14.9. The molecule has 12 fully saturated rings. The molecule has 15 rings (SSSR count). The van der Waals surface area contributed by atoms with Crippen LogP contribution in [-0.2, 0) is 37.2 Å². The molecule has 0 spiro atoms. The largest absolute Gasteiger partial charge is 1.00 e. The number of alkyl halides is 1. The summed E-state index contributed by atoms with van der Waals surface area (Å²) >= 11 is 3.44. The first-order chi connectivity index (χ1) is 43.7. The molecule has 0 radical (unpaired) electrons. The zero-order chi connectivity index (χ0) is 65.7. The van der Waals surface area contributed by atoms with Gasteiger partial charge in [-0.15, -0.1) is 25.5 Å². The minimum atomic E-state index is -0.454. The summed E-state index contributed by atoms with van der Waals surface area (Å²) in [5, 5.41) is 71.0. The van der Waals surface area contributed by atoms with E-state index in [1.165, 1.54) is 125 Å². The van der Waals surface area contributed by atoms with Gasteiger partial charge in [0.05, 0.1) is 22.1 Å². The van der Waals surface area contributed by atoms with Gasteiger partial charge in [0.1, 0.15) is 25.2 Å². The van der Waals surface area contributed by atoms with Crippen molar-refractivity contribution in [2.24, 2.45) is 156 Å². The smallest absolute Gasteiger partial charge is 1.00 e. The average Bonchev–Trinajstić information content (AvgIpc) is 1.56. The Balaban J connectivity index is 0.000000187. The molecule has 12 aliphatic carbocycles. The van der Waals surface area contributed by atoms with Crippen LogP contribution in [-0.4, -0.2) is 115 Å². The van der Waals surface area contributed by atoms with E-state index >= 15 is 0 Å². The molecule has 3 N–H and O–H groups in total. The Morgan fingerprint density at radius 1 is 0.537 bits per heavy atom. The number of Topliss-reactive ketones (excluding diaryl/α,β-unsaturated/α-hetero) is 3. The number of aliphatic imine (C=N–C) groups is 1. The maximum absolute atomic E-state index is 13.2. The molecule has 1 aliphatic heterocycles. The summed E-state index contributed by atoms with van der Waals surface area (Å²) in [5.41, 5.74) is -0.865. The molecule has 522 valence electrons. The van der Waals surface area contributed by atoms with Crippen molar-refractivity contribution in [3.05, 3.63) is 12.7 Å². The van der Waals surface area contributed by atoms with Crippen LogP contribution < -0.4 is 108 Å². The standard InChI is InChI=1S/2C23H36N4O2.C22H35BrO2.C2H3N3.CH2O3.CH4.2K.H/c2*1-14-10-19(20(28)12-27-25-13-24-26-27)23(3)9-7-17-16-6-8-22(2,29)11-15(16)4-5-18(17)21(14)23;1-13-10-18(19(24)12-23)22(3)9-7-16-15-6-8-21(2,25)11-14(15)4-5-17(16)20(13)22;1-3-2-5-4-1;2-1-4-3;;;;/h2*13-19,21,29H,4-12H2,1-3H3;13-18,20,25H,4-12H2,1-3H3;1H,2H2;1,3H;1H4;;;/q;;;;;;2*+1;-1/p-1/t2*14-,15-,16+,17-,18-,19-,21+,22-,23-;13-,14-,15+,16-,17-,18-,20+,21-,22-;;;;;;/m111....../s1. The minimum absolute atomic E-state index is 0. The Labute approximate surface area is 661 Å². The SMILES string of the molecule is C.C1=NCN=N1.C[C@@H]1C[C@H](C(=O)CBr)[C@@]2(C)CC[C@H]3[C@@H](CC[C@@H]4C[C@](C)(O)CC[C@@H]43)[C@H]12.C[C@@H]1C[C@H](C(=O)Cn2ncnn2)[C@@]2(C)CC[C@H]3[C@@H](CC[C@@H]4C[C@](C)(O)CC[C@@H]43)[C@H]12.C[C@@H]1C[C@H](C(=O)Cn2ncnn2)[C@@]2(C)CC[C@H]3[C@@H](CC[C@@H]4C[C@](C)(O)CC[C@@H]43)[C@H]12.O=CO[O-].[H-].[K+].[K+]. The third-order valence-electron chi connectivity index (χ3n) is 28.7. The van der Waals surface area contributed by atoms with Gasteiger partial charge < -0.3 is 26.9 Å². The summed E-state index contributed by atoms with van der Waals surface area (Å²) in [7, 11) is 0. The van der Waals surface area contributed by atoms with Gasteiger partial charge in [-0.25, -0.2) is 4.99 Å². The molecule has 13 aliphatic rings. The second-order valence-electron chi connectivity index (χ2n) is 34.1. The summed E-state index contributed by atoms with van der Waals surface area (Å²) < 4.78 is 0. The van der Waals surface area contributed by atoms with E-state index in [2.05, 4.69) is 108 Å². The number of tetrazole rings is 2. The first kappa shape index (κ1) is 80.2. The number of hydrogen-bond acceptors (Lipinski definition) is 18. The summed E-state index contributed by atoms with van der Waals surface area (Å²) in [6.07, 6.45) is 32.1. The Bertz CT molecular complexity index is 2790. The molecular formula is C72H116BrK2N11O9. The summed E-state index contributed by atoms with van der Waals surface area (Å²) in [6.45, 7) is 21.4. The van der Waals surface area contributed by atoms with E-state index in [1.807, 2.05) is 20.8 Å². The van der Waals surface area contributed by atoms with Crippen LogP contribution in [0.25, 0.3) is 0 Å². The normalized spacial score (nSPS) is 45.7. The van der Waals surface area contributed by atoms with Gasteiger partial charge in [0.2, 0.25) is 0 Å². The topological polar surface area (TPSA) is 286 Å². The number of fused-ring (bicyclic) bond motifs is 15. The van der Waals surface area contributed by atoms with Crippen molar-refractivity contribution in [3.63, 3.8) is 0 Å². The number of rotatable bonds is 9. The molecule has 23 heteroatoms. The quantitative estimate of drug-likeness (QED) is 0.0871. The monoisotopic (exact) mass is 1440 g/mol. The maximum atomic E-state index is 13.2. The van der Waals surface area contributed by atoms with Gasteiger partial charge in [0.25, 0.3) is 6.47 Å². The molecular weight excluding hydrogens is 1320 g/mol. The average molecular weight is 1440 g/mol. The third-order valence-corrected chi connectivity index (χ3v) is 29.3. The third kappa shape index (κ3) is 16.8. The van der Waals surface area contributed by atoms with Crippen molar-refractivity contribution in [2.45, 2.75) is 254 Å². The molecule has 27 atom stereocenters. The first-order valence-electron chi connectivity index (χ1n) is 36.0. The van der Waals surface area contributed by atoms with Gasteiger partial charge in [-0.2, -0.15) is 14.7 Å². The molecule has 0 amide bonds. The van der Waals surface area contributed by atoms with Crippen molar-refractivity contribution in [1.29, 1.82) is 0 Å². The maximum Gasteiger partial charge on any atom is 1.00 e. The summed E-state index contributed by atoms with van der Waals surface area (Å²) in [4.78, 5) is 56.8. The van der Waals surface area contributed by atoms with Crippen LogP contribution in [0.4, 0.5) is 0 Å². The van der Waals surface area contributed by atoms with E-state index in [1.54, 1.807) is 0 Å². The second-order valence-corrected chi connectivity index (χ2v) is 34.6. The van der Waals surface area contributed by atoms with Crippen molar-refractivity contribution in [3.8, 4) is 0 Å². The van der Waals surface area contributed by atoms with Gasteiger partial charge in [-0.1, -0.05) is 64.9 Å². The number of nitrogens with zero attached hydrogens (tertiary/aromatic N) is 11. The molecule has 0 saturated heterocycles. The Morgan fingerprint density at radius 3 is 1.13 bits per heavy atom. The van der Waals surface area contributed by atoms with Gasteiger partial charge in [0.15, 0.2) is 30.9 Å². The Morgan fingerprint density at radius 2 is 0.863 bits per heavy atom. The second kappa shape index (κ2) is 33.1. The zero-order valence-electron chi connectivity index (χ0n) is 59.8. The van der Waals surface area contributed by atoms with Crippen LogP contribution in [0.3, 0.4) is 0 Å². The van der Waals surface area contributed by atoms with Crippen molar-refractivity contribution >= 4 is 46.1 Å². The number of halogens is 1. The molecule has 95 heavy (non-hydrogen) atoms. The molecule has 0 unspecified atom stereocenters. The number of azo groups is 1. The summed E-state index contributed by atoms with van der Waals surface area (Å²) in [6, 6.07) is 0. The number of aliphatic hydroxyl groups is 3. The molecule has 12 saturated carbocycles. The number of hydrogen-bond donors (Lipinski definition) is 3. The van der Waals surface area contributed by atoms with Gasteiger partial charge in [-0.05, 0) is 308 Å².